The van der Waals surface area contributed by atoms with Crippen LogP contribution in [0.5, 0.6) is 0 Å². The van der Waals surface area contributed by atoms with Crippen molar-refractivity contribution in [2.45, 2.75) is 0 Å². The third-order valence-corrected chi connectivity index (χ3v) is 2.88. The molecule has 0 amide bonds. The van der Waals surface area contributed by atoms with Gasteiger partial charge in [-0.15, -0.1) is 0 Å². The number of aromatic nitrogens is 4. The molecule has 104 valence electrons. The molecule has 6 nitrogen and oxygen atoms in total. The molecule has 0 aliphatic rings. The van der Waals surface area contributed by atoms with E-state index in [-0.39, 0.29) is 5.90 Å². The Labute approximate surface area is 121 Å². The van der Waals surface area contributed by atoms with Crippen molar-refractivity contribution >= 4 is 5.90 Å². The summed E-state index contributed by atoms with van der Waals surface area (Å²) in [6.45, 7) is 0. The lowest BCUT2D eigenvalue weighted by molar-refractivity contribution is -0.785. The fourth-order valence-corrected chi connectivity index (χ4v) is 1.91. The molecule has 2 aromatic carbocycles. The number of aryl methyl sites for hydroxylation is 1. The fraction of sp³-hybridized carbons (Fsp3) is 0.0667. The monoisotopic (exact) mass is 279 g/mol. The summed E-state index contributed by atoms with van der Waals surface area (Å²) in [4.78, 5) is 2.63. The van der Waals surface area contributed by atoms with Gasteiger partial charge in [-0.2, -0.15) is 0 Å². The van der Waals surface area contributed by atoms with Gasteiger partial charge in [0, 0.05) is 16.3 Å². The van der Waals surface area contributed by atoms with Gasteiger partial charge in [0.15, 0.2) is 0 Å². The van der Waals surface area contributed by atoms with E-state index in [4.69, 9.17) is 0 Å². The van der Waals surface area contributed by atoms with E-state index in [0.29, 0.717) is 11.4 Å². The third-order valence-electron chi connectivity index (χ3n) is 2.88. The molecule has 0 bridgehead atoms. The minimum Gasteiger partial charge on any atom is -0.856 e. The minimum absolute atomic E-state index is 0.363. The maximum absolute atomic E-state index is 12.1. The van der Waals surface area contributed by atoms with Gasteiger partial charge in [0.05, 0.1) is 0 Å². The van der Waals surface area contributed by atoms with Crippen molar-refractivity contribution in [3.8, 4) is 11.4 Å². The molecule has 6 heteroatoms. The number of hydrogen-bond donors (Lipinski definition) is 0. The molecule has 3 rings (SSSR count). The predicted molar refractivity (Wildman–Crippen MR) is 75.0 cm³/mol. The molecule has 1 aromatic heterocycles. The summed E-state index contributed by atoms with van der Waals surface area (Å²) in [7, 11) is 1.69. The summed E-state index contributed by atoms with van der Waals surface area (Å²) < 4.78 is 0. The number of benzene rings is 2. The highest BCUT2D eigenvalue weighted by atomic mass is 16.3. The first-order valence-electron chi connectivity index (χ1n) is 6.44. The van der Waals surface area contributed by atoms with Crippen molar-refractivity contribution in [3.63, 3.8) is 0 Å². The zero-order valence-corrected chi connectivity index (χ0v) is 11.4. The molecule has 0 fully saturated rings. The fourth-order valence-electron chi connectivity index (χ4n) is 1.91. The summed E-state index contributed by atoms with van der Waals surface area (Å²) in [5.74, 6) is 0.153. The smallest absolute Gasteiger partial charge is 0.320 e. The first kappa shape index (κ1) is 13.0. The molecule has 0 aliphatic carbocycles. The van der Waals surface area contributed by atoms with Gasteiger partial charge in [-0.05, 0) is 27.6 Å². The van der Waals surface area contributed by atoms with Crippen molar-refractivity contribution in [1.29, 1.82) is 0 Å². The summed E-state index contributed by atoms with van der Waals surface area (Å²) in [5.41, 5.74) is 1.35. The topological polar surface area (TPSA) is 70.0 Å². The Morgan fingerprint density at radius 2 is 1.67 bits per heavy atom. The van der Waals surface area contributed by atoms with Crippen molar-refractivity contribution in [2.75, 3.05) is 0 Å². The zero-order valence-electron chi connectivity index (χ0n) is 11.4. The van der Waals surface area contributed by atoms with E-state index in [1.54, 1.807) is 31.3 Å². The van der Waals surface area contributed by atoms with Crippen LogP contribution in [-0.2, 0) is 7.05 Å². The van der Waals surface area contributed by atoms with E-state index >= 15 is 0 Å². The van der Waals surface area contributed by atoms with Gasteiger partial charge < -0.3 is 5.11 Å². The Kier molecular flexibility index (Phi) is 3.42. The highest BCUT2D eigenvalue weighted by Gasteiger charge is 2.17. The second-order valence-electron chi connectivity index (χ2n) is 4.43. The van der Waals surface area contributed by atoms with Crippen LogP contribution in [0.2, 0.25) is 0 Å². The van der Waals surface area contributed by atoms with Crippen molar-refractivity contribution < 1.29 is 9.90 Å². The SMILES string of the molecule is C[n+]1nc(-c2ccccc2)n(/N=C(\[O-])c2ccccc2)n1. The average Bonchev–Trinajstić information content (AvgIpc) is 2.89. The molecular weight excluding hydrogens is 266 g/mol. The van der Waals surface area contributed by atoms with Crippen LogP contribution in [-0.4, -0.2) is 21.0 Å². The molecule has 3 aromatic rings. The highest BCUT2D eigenvalue weighted by molar-refractivity contribution is 5.90. The lowest BCUT2D eigenvalue weighted by Crippen LogP contribution is -2.34. The lowest BCUT2D eigenvalue weighted by Gasteiger charge is -2.06. The van der Waals surface area contributed by atoms with Gasteiger partial charge in [-0.25, -0.2) is 0 Å². The number of tetrazole rings is 1. The van der Waals surface area contributed by atoms with Crippen LogP contribution in [0.15, 0.2) is 65.8 Å². The molecular formula is C15H13N5O. The first-order valence-corrected chi connectivity index (χ1v) is 6.44. The molecule has 0 atom stereocenters. The lowest BCUT2D eigenvalue weighted by atomic mass is 10.2. The minimum atomic E-state index is -0.363. The van der Waals surface area contributed by atoms with Crippen LogP contribution in [0, 0.1) is 0 Å². The molecule has 0 saturated heterocycles. The molecule has 0 aliphatic heterocycles. The van der Waals surface area contributed by atoms with Gasteiger partial charge in [-0.3, -0.25) is 0 Å². The molecule has 21 heavy (non-hydrogen) atoms. The van der Waals surface area contributed by atoms with E-state index in [1.165, 1.54) is 9.59 Å². The quantitative estimate of drug-likeness (QED) is 0.394. The largest absolute Gasteiger partial charge is 0.856 e. The van der Waals surface area contributed by atoms with Crippen LogP contribution in [0.1, 0.15) is 5.56 Å². The number of nitrogens with zero attached hydrogens (tertiary/aromatic N) is 5. The van der Waals surface area contributed by atoms with Crippen molar-refractivity contribution in [1.82, 2.24) is 15.1 Å². The normalized spacial score (nSPS) is 11.6. The Balaban J connectivity index is 2.04. The number of rotatable bonds is 3. The number of hydrogen-bond acceptors (Lipinski definition) is 4. The van der Waals surface area contributed by atoms with Gasteiger partial charge in [0.1, 0.15) is 12.3 Å². The maximum Gasteiger partial charge on any atom is 0.320 e. The first-order chi connectivity index (χ1) is 10.2. The van der Waals surface area contributed by atoms with Gasteiger partial charge in [0.2, 0.25) is 0 Å². The van der Waals surface area contributed by atoms with Crippen LogP contribution in [0.4, 0.5) is 0 Å². The Morgan fingerprint density at radius 3 is 2.33 bits per heavy atom. The Morgan fingerprint density at radius 1 is 1.05 bits per heavy atom. The molecule has 0 saturated carbocycles. The summed E-state index contributed by atoms with van der Waals surface area (Å²) >= 11 is 0. The van der Waals surface area contributed by atoms with Crippen LogP contribution in [0.25, 0.3) is 11.4 Å². The third kappa shape index (κ3) is 2.79. The predicted octanol–water partition coefficient (Wildman–Crippen LogP) is 0.340. The van der Waals surface area contributed by atoms with Crippen LogP contribution >= 0.6 is 0 Å². The highest BCUT2D eigenvalue weighted by Crippen LogP contribution is 2.14. The van der Waals surface area contributed by atoms with E-state index in [1.807, 2.05) is 36.4 Å². The average molecular weight is 279 g/mol. The second kappa shape index (κ2) is 5.54. The van der Waals surface area contributed by atoms with Gasteiger partial charge in [0.25, 0.3) is 0 Å². The summed E-state index contributed by atoms with van der Waals surface area (Å²) in [6, 6.07) is 18.4. The van der Waals surface area contributed by atoms with E-state index in [0.717, 1.165) is 5.56 Å². The van der Waals surface area contributed by atoms with Crippen LogP contribution in [0.3, 0.4) is 0 Å². The van der Waals surface area contributed by atoms with E-state index in [2.05, 4.69) is 15.4 Å². The molecule has 0 spiro atoms. The second-order valence-corrected chi connectivity index (χ2v) is 4.43. The molecule has 1 heterocycles. The van der Waals surface area contributed by atoms with Crippen LogP contribution < -0.4 is 9.90 Å². The maximum atomic E-state index is 12.1. The van der Waals surface area contributed by atoms with E-state index in [9.17, 15) is 5.11 Å². The van der Waals surface area contributed by atoms with E-state index < -0.39 is 0 Å². The summed E-state index contributed by atoms with van der Waals surface area (Å²) in [6.07, 6.45) is 0. The van der Waals surface area contributed by atoms with Crippen molar-refractivity contribution in [2.24, 2.45) is 12.1 Å². The van der Waals surface area contributed by atoms with Gasteiger partial charge in [-0.1, -0.05) is 53.6 Å². The van der Waals surface area contributed by atoms with Crippen molar-refractivity contribution in [3.05, 3.63) is 66.2 Å². The zero-order chi connectivity index (χ0) is 14.7. The van der Waals surface area contributed by atoms with Gasteiger partial charge >= 0.3 is 5.82 Å². The summed E-state index contributed by atoms with van der Waals surface area (Å²) in [5, 5.41) is 24.5. The molecule has 0 radical (unpaired) electrons. The Hall–Kier alpha value is -3.02. The Bertz CT molecular complexity index is 765. The molecule has 0 unspecified atom stereocenters. The molecule has 0 N–H and O–H groups in total. The standard InChI is InChI=1S/C15H13N5O/c1-19-16-14(12-8-4-2-5-9-12)20(18-19)17-15(21)13-10-6-3-7-11-13/h2-11H,1H3.